The van der Waals surface area contributed by atoms with Gasteiger partial charge in [-0.05, 0) is 66.8 Å². The van der Waals surface area contributed by atoms with Crippen LogP contribution in [0.3, 0.4) is 0 Å². The molecule has 6 heteroatoms. The van der Waals surface area contributed by atoms with Crippen LogP contribution in [0.4, 0.5) is 0 Å². The standard InChI is InChI=1S/C23H29NO4S/c1-27-20-7-6-17(16-19(20)25)4-2-3-5-22(26)24-12-10-23(11-13-24)18-9-15-29-21(18)8-14-28-23/h6-7,9,15-16,25H,2-5,8,10-14H2,1H3. The van der Waals surface area contributed by atoms with E-state index in [1.165, 1.54) is 10.4 Å². The summed E-state index contributed by atoms with van der Waals surface area (Å²) in [6.45, 7) is 2.35. The number of carbonyl (C=O) groups is 1. The van der Waals surface area contributed by atoms with Crippen molar-refractivity contribution >= 4 is 17.2 Å². The van der Waals surface area contributed by atoms with Crippen LogP contribution in [-0.4, -0.2) is 42.7 Å². The lowest BCUT2D eigenvalue weighted by atomic mass is 9.82. The Hall–Kier alpha value is -2.05. The molecule has 3 heterocycles. The number of phenolic OH excluding ortho intramolecular Hbond substituents is 1. The van der Waals surface area contributed by atoms with E-state index >= 15 is 0 Å². The third-order valence-electron chi connectivity index (χ3n) is 6.22. The number of unbranched alkanes of at least 4 members (excludes halogenated alkanes) is 1. The number of aromatic hydroxyl groups is 1. The van der Waals surface area contributed by atoms with Crippen LogP contribution in [0.25, 0.3) is 0 Å². The van der Waals surface area contributed by atoms with Gasteiger partial charge >= 0.3 is 0 Å². The molecule has 156 valence electrons. The van der Waals surface area contributed by atoms with Gasteiger partial charge in [-0.3, -0.25) is 4.79 Å². The Morgan fingerprint density at radius 3 is 2.86 bits per heavy atom. The topological polar surface area (TPSA) is 59.0 Å². The average Bonchev–Trinajstić information content (AvgIpc) is 3.22. The number of amides is 1. The minimum Gasteiger partial charge on any atom is -0.504 e. The summed E-state index contributed by atoms with van der Waals surface area (Å²) in [6, 6.07) is 7.71. The highest BCUT2D eigenvalue weighted by atomic mass is 32.1. The first-order valence-corrected chi connectivity index (χ1v) is 11.3. The Bertz CT molecular complexity index is 854. The van der Waals surface area contributed by atoms with Crippen molar-refractivity contribution in [2.75, 3.05) is 26.8 Å². The van der Waals surface area contributed by atoms with Crippen molar-refractivity contribution in [2.45, 2.75) is 50.5 Å². The van der Waals surface area contributed by atoms with Crippen LogP contribution in [0.2, 0.25) is 0 Å². The summed E-state index contributed by atoms with van der Waals surface area (Å²) < 4.78 is 11.3. The molecule has 0 aliphatic carbocycles. The van der Waals surface area contributed by atoms with Crippen LogP contribution in [0, 0.1) is 0 Å². The summed E-state index contributed by atoms with van der Waals surface area (Å²) in [4.78, 5) is 16.1. The molecule has 1 saturated heterocycles. The van der Waals surface area contributed by atoms with Gasteiger partial charge in [-0.1, -0.05) is 6.07 Å². The number of rotatable bonds is 6. The number of phenols is 1. The molecule has 1 N–H and O–H groups in total. The predicted octanol–water partition coefficient (Wildman–Crippen LogP) is 4.27. The number of piperidine rings is 1. The second-order valence-electron chi connectivity index (χ2n) is 7.94. The van der Waals surface area contributed by atoms with Crippen LogP contribution in [0.1, 0.15) is 48.1 Å². The van der Waals surface area contributed by atoms with Gasteiger partial charge < -0.3 is 19.5 Å². The monoisotopic (exact) mass is 415 g/mol. The maximum atomic E-state index is 12.6. The third kappa shape index (κ3) is 4.28. The number of methoxy groups -OCH3 is 1. The highest BCUT2D eigenvalue weighted by molar-refractivity contribution is 7.10. The molecule has 0 atom stereocenters. The van der Waals surface area contributed by atoms with Crippen molar-refractivity contribution in [3.05, 3.63) is 45.6 Å². The first-order chi connectivity index (χ1) is 14.1. The Morgan fingerprint density at radius 2 is 2.10 bits per heavy atom. The Balaban J connectivity index is 1.22. The van der Waals surface area contributed by atoms with E-state index in [4.69, 9.17) is 9.47 Å². The fourth-order valence-electron chi connectivity index (χ4n) is 4.54. The number of nitrogens with zero attached hydrogens (tertiary/aromatic N) is 1. The van der Waals surface area contributed by atoms with Crippen molar-refractivity contribution in [1.82, 2.24) is 4.90 Å². The maximum Gasteiger partial charge on any atom is 0.222 e. The normalized spacial score (nSPS) is 17.9. The van der Waals surface area contributed by atoms with Gasteiger partial charge in [0, 0.05) is 30.8 Å². The zero-order valence-corrected chi connectivity index (χ0v) is 17.8. The Morgan fingerprint density at radius 1 is 1.28 bits per heavy atom. The van der Waals surface area contributed by atoms with Gasteiger partial charge in [0.05, 0.1) is 19.3 Å². The number of benzene rings is 1. The number of carbonyl (C=O) groups excluding carboxylic acids is 1. The van der Waals surface area contributed by atoms with E-state index in [-0.39, 0.29) is 17.3 Å². The smallest absolute Gasteiger partial charge is 0.222 e. The molecule has 2 aliphatic heterocycles. The molecular formula is C23H29NO4S. The molecule has 29 heavy (non-hydrogen) atoms. The van der Waals surface area contributed by atoms with Gasteiger partial charge in [-0.15, -0.1) is 11.3 Å². The number of aryl methyl sites for hydroxylation is 1. The van der Waals surface area contributed by atoms with Crippen molar-refractivity contribution in [2.24, 2.45) is 0 Å². The summed E-state index contributed by atoms with van der Waals surface area (Å²) in [5.74, 6) is 0.907. The first kappa shape index (κ1) is 20.2. The molecule has 1 aromatic carbocycles. The third-order valence-corrected chi connectivity index (χ3v) is 7.20. The molecular weight excluding hydrogens is 386 g/mol. The van der Waals surface area contributed by atoms with Gasteiger partial charge in [-0.25, -0.2) is 0 Å². The van der Waals surface area contributed by atoms with Crippen LogP contribution < -0.4 is 4.74 Å². The van der Waals surface area contributed by atoms with E-state index in [1.54, 1.807) is 19.2 Å². The van der Waals surface area contributed by atoms with Gasteiger partial charge in [0.1, 0.15) is 0 Å². The van der Waals surface area contributed by atoms with E-state index in [0.29, 0.717) is 12.2 Å². The fraction of sp³-hybridized carbons (Fsp3) is 0.522. The molecule has 0 bridgehead atoms. The lowest BCUT2D eigenvalue weighted by Crippen LogP contribution is -2.48. The Kier molecular flexibility index (Phi) is 6.11. The Labute approximate surface area is 176 Å². The van der Waals surface area contributed by atoms with Crippen LogP contribution >= 0.6 is 11.3 Å². The number of hydrogen-bond acceptors (Lipinski definition) is 5. The zero-order chi connectivity index (χ0) is 20.3. The van der Waals surface area contributed by atoms with E-state index in [0.717, 1.165) is 63.8 Å². The lowest BCUT2D eigenvalue weighted by molar-refractivity contribution is -0.140. The van der Waals surface area contributed by atoms with Gasteiger partial charge in [0.2, 0.25) is 5.91 Å². The SMILES string of the molecule is COc1ccc(CCCCC(=O)N2CCC3(CC2)OCCc2sccc23)cc1O. The zero-order valence-electron chi connectivity index (χ0n) is 17.0. The van der Waals surface area contributed by atoms with Crippen molar-refractivity contribution in [3.63, 3.8) is 0 Å². The van der Waals surface area contributed by atoms with Crippen molar-refractivity contribution in [1.29, 1.82) is 0 Å². The molecule has 4 rings (SSSR count). The molecule has 1 fully saturated rings. The number of thiophene rings is 1. The molecule has 0 saturated carbocycles. The lowest BCUT2D eigenvalue weighted by Gasteiger charge is -2.44. The average molecular weight is 416 g/mol. The van der Waals surface area contributed by atoms with Gasteiger partial charge in [0.25, 0.3) is 0 Å². The summed E-state index contributed by atoms with van der Waals surface area (Å²) in [5.41, 5.74) is 2.26. The second kappa shape index (κ2) is 8.76. The first-order valence-electron chi connectivity index (χ1n) is 10.5. The van der Waals surface area contributed by atoms with E-state index in [9.17, 15) is 9.90 Å². The molecule has 2 aliphatic rings. The molecule has 2 aromatic rings. The number of ether oxygens (including phenoxy) is 2. The van der Waals surface area contributed by atoms with Crippen molar-refractivity contribution in [3.8, 4) is 11.5 Å². The van der Waals surface area contributed by atoms with Crippen LogP contribution in [0.15, 0.2) is 29.6 Å². The highest BCUT2D eigenvalue weighted by Gasteiger charge is 2.41. The van der Waals surface area contributed by atoms with E-state index in [1.807, 2.05) is 22.3 Å². The second-order valence-corrected chi connectivity index (χ2v) is 8.94. The molecule has 1 spiro atoms. The number of hydrogen-bond donors (Lipinski definition) is 1. The minimum atomic E-state index is -0.166. The molecule has 0 radical (unpaired) electrons. The number of fused-ring (bicyclic) bond motifs is 2. The highest BCUT2D eigenvalue weighted by Crippen LogP contribution is 2.43. The summed E-state index contributed by atoms with van der Waals surface area (Å²) in [7, 11) is 1.54. The molecule has 0 unspecified atom stereocenters. The van der Waals surface area contributed by atoms with E-state index in [2.05, 4.69) is 11.4 Å². The molecule has 5 nitrogen and oxygen atoms in total. The van der Waals surface area contributed by atoms with Gasteiger partial charge in [0.15, 0.2) is 11.5 Å². The summed E-state index contributed by atoms with van der Waals surface area (Å²) in [6.07, 6.45) is 6.03. The predicted molar refractivity (Wildman–Crippen MR) is 114 cm³/mol. The summed E-state index contributed by atoms with van der Waals surface area (Å²) >= 11 is 1.83. The van der Waals surface area contributed by atoms with E-state index < -0.39 is 0 Å². The largest absolute Gasteiger partial charge is 0.504 e. The quantitative estimate of drug-likeness (QED) is 0.716. The van der Waals surface area contributed by atoms with Crippen LogP contribution in [0.5, 0.6) is 11.5 Å². The minimum absolute atomic E-state index is 0.166. The van der Waals surface area contributed by atoms with Crippen LogP contribution in [-0.2, 0) is 28.0 Å². The van der Waals surface area contributed by atoms with Crippen molar-refractivity contribution < 1.29 is 19.4 Å². The van der Waals surface area contributed by atoms with Gasteiger partial charge in [-0.2, -0.15) is 0 Å². The number of likely N-dealkylation sites (tertiary alicyclic amines) is 1. The molecule has 1 aromatic heterocycles. The fourth-order valence-corrected chi connectivity index (χ4v) is 5.49. The maximum absolute atomic E-state index is 12.6. The summed E-state index contributed by atoms with van der Waals surface area (Å²) in [5, 5.41) is 12.0. The molecule has 1 amide bonds.